The van der Waals surface area contributed by atoms with Gasteiger partial charge in [0.15, 0.2) is 0 Å². The van der Waals surface area contributed by atoms with Crippen LogP contribution in [0.5, 0.6) is 11.5 Å². The number of pyridine rings is 1. The third kappa shape index (κ3) is 4.89. The second kappa shape index (κ2) is 8.42. The van der Waals surface area contributed by atoms with Crippen LogP contribution in [0.3, 0.4) is 0 Å². The number of carbonyl (C=O) groups is 1. The third-order valence-corrected chi connectivity index (χ3v) is 3.82. The summed E-state index contributed by atoms with van der Waals surface area (Å²) >= 11 is 0. The summed E-state index contributed by atoms with van der Waals surface area (Å²) in [6, 6.07) is 16.2. The van der Waals surface area contributed by atoms with Crippen LogP contribution in [0.15, 0.2) is 60.7 Å². The molecule has 27 heavy (non-hydrogen) atoms. The molecule has 1 N–H and O–H groups in total. The number of hydrogen-bond acceptors (Lipinski definition) is 4. The molecule has 1 amide bonds. The highest BCUT2D eigenvalue weighted by molar-refractivity contribution is 6.05. The maximum Gasteiger partial charge on any atom is 0.257 e. The normalized spacial score (nSPS) is 10.5. The second-order valence-electron chi connectivity index (χ2n) is 5.91. The summed E-state index contributed by atoms with van der Waals surface area (Å²) in [5, 5.41) is 2.82. The summed E-state index contributed by atoms with van der Waals surface area (Å²) < 4.78 is 23.8. The Balaban J connectivity index is 1.66. The maximum atomic E-state index is 13.2. The Morgan fingerprint density at radius 1 is 1.07 bits per heavy atom. The fourth-order valence-electron chi connectivity index (χ4n) is 2.55. The van der Waals surface area contributed by atoms with E-state index in [1.165, 1.54) is 12.1 Å². The van der Waals surface area contributed by atoms with Crippen molar-refractivity contribution in [3.05, 3.63) is 83.4 Å². The number of carbonyl (C=O) groups excluding carboxylic acids is 1. The molecule has 0 saturated carbocycles. The van der Waals surface area contributed by atoms with Gasteiger partial charge in [-0.05, 0) is 55.5 Å². The summed E-state index contributed by atoms with van der Waals surface area (Å²) in [7, 11) is 1.60. The number of aromatic nitrogens is 1. The van der Waals surface area contributed by atoms with E-state index in [1.807, 2.05) is 0 Å². The first-order chi connectivity index (χ1) is 13.0. The number of anilines is 1. The molecule has 0 saturated heterocycles. The van der Waals surface area contributed by atoms with Gasteiger partial charge >= 0.3 is 0 Å². The zero-order chi connectivity index (χ0) is 19.2. The molecule has 3 rings (SSSR count). The van der Waals surface area contributed by atoms with Gasteiger partial charge in [-0.15, -0.1) is 0 Å². The van der Waals surface area contributed by atoms with Crippen LogP contribution in [0.25, 0.3) is 0 Å². The molecule has 0 aliphatic heterocycles. The first-order valence-corrected chi connectivity index (χ1v) is 8.35. The fraction of sp³-hybridized carbons (Fsp3) is 0.143. The molecule has 0 spiro atoms. The Bertz CT molecular complexity index is 942. The summed E-state index contributed by atoms with van der Waals surface area (Å²) in [6.45, 7) is 2.18. The highest BCUT2D eigenvalue weighted by atomic mass is 19.1. The quantitative estimate of drug-likeness (QED) is 0.686. The Kier molecular flexibility index (Phi) is 5.78. The molecule has 0 bridgehead atoms. The van der Waals surface area contributed by atoms with E-state index in [0.29, 0.717) is 35.1 Å². The van der Waals surface area contributed by atoms with Crippen LogP contribution in [-0.2, 0) is 11.3 Å². The minimum absolute atomic E-state index is 0.247. The second-order valence-corrected chi connectivity index (χ2v) is 5.91. The largest absolute Gasteiger partial charge is 0.457 e. The number of nitrogens with zero attached hydrogens (tertiary/aromatic N) is 1. The number of halogens is 1. The molecule has 0 fully saturated rings. The van der Waals surface area contributed by atoms with E-state index < -0.39 is 0 Å². The molecule has 0 radical (unpaired) electrons. The van der Waals surface area contributed by atoms with Gasteiger partial charge in [0, 0.05) is 18.9 Å². The zero-order valence-electron chi connectivity index (χ0n) is 15.0. The van der Waals surface area contributed by atoms with Crippen molar-refractivity contribution in [2.45, 2.75) is 13.5 Å². The summed E-state index contributed by atoms with van der Waals surface area (Å²) in [4.78, 5) is 16.8. The maximum absolute atomic E-state index is 13.2. The molecule has 1 aromatic heterocycles. The van der Waals surface area contributed by atoms with Crippen molar-refractivity contribution in [1.29, 1.82) is 0 Å². The Morgan fingerprint density at radius 2 is 1.85 bits per heavy atom. The molecule has 0 aliphatic carbocycles. The lowest BCUT2D eigenvalue weighted by Crippen LogP contribution is -2.14. The van der Waals surface area contributed by atoms with Crippen molar-refractivity contribution in [2.75, 3.05) is 12.4 Å². The lowest BCUT2D eigenvalue weighted by molar-refractivity contribution is 0.102. The molecular weight excluding hydrogens is 347 g/mol. The molecule has 0 unspecified atom stereocenters. The van der Waals surface area contributed by atoms with E-state index >= 15 is 0 Å². The van der Waals surface area contributed by atoms with Crippen LogP contribution in [0, 0.1) is 12.7 Å². The average Bonchev–Trinajstić information content (AvgIpc) is 2.64. The van der Waals surface area contributed by atoms with Gasteiger partial charge in [-0.3, -0.25) is 9.78 Å². The number of hydrogen-bond donors (Lipinski definition) is 1. The van der Waals surface area contributed by atoms with E-state index in [1.54, 1.807) is 62.6 Å². The zero-order valence-corrected chi connectivity index (χ0v) is 15.0. The average molecular weight is 366 g/mol. The summed E-state index contributed by atoms with van der Waals surface area (Å²) in [5.74, 6) is 0.338. The number of amides is 1. The topological polar surface area (TPSA) is 60.5 Å². The lowest BCUT2D eigenvalue weighted by Gasteiger charge is -2.10. The first kappa shape index (κ1) is 18.5. The highest BCUT2D eigenvalue weighted by Crippen LogP contribution is 2.24. The van der Waals surface area contributed by atoms with E-state index in [4.69, 9.17) is 9.47 Å². The van der Waals surface area contributed by atoms with Crippen LogP contribution < -0.4 is 10.1 Å². The molecule has 5 nitrogen and oxygen atoms in total. The van der Waals surface area contributed by atoms with Gasteiger partial charge in [0.2, 0.25) is 0 Å². The molecule has 3 aromatic rings. The Morgan fingerprint density at radius 3 is 2.52 bits per heavy atom. The first-order valence-electron chi connectivity index (χ1n) is 8.35. The Labute approximate surface area is 156 Å². The van der Waals surface area contributed by atoms with Gasteiger partial charge in [-0.2, -0.15) is 0 Å². The Hall–Kier alpha value is -3.25. The monoisotopic (exact) mass is 366 g/mol. The molecular formula is C21H19FN2O3. The van der Waals surface area contributed by atoms with Gasteiger partial charge in [-0.1, -0.05) is 6.07 Å². The number of ether oxygens (including phenoxy) is 2. The number of benzene rings is 2. The van der Waals surface area contributed by atoms with Crippen molar-refractivity contribution < 1.29 is 18.7 Å². The highest BCUT2D eigenvalue weighted by Gasteiger charge is 2.11. The van der Waals surface area contributed by atoms with E-state index in [-0.39, 0.29) is 11.7 Å². The van der Waals surface area contributed by atoms with E-state index in [9.17, 15) is 9.18 Å². The molecule has 0 aliphatic rings. The molecule has 6 heteroatoms. The smallest absolute Gasteiger partial charge is 0.257 e. The van der Waals surface area contributed by atoms with Crippen LogP contribution in [0.2, 0.25) is 0 Å². The summed E-state index contributed by atoms with van der Waals surface area (Å²) in [6.07, 6.45) is 0. The van der Waals surface area contributed by atoms with Crippen LogP contribution >= 0.6 is 0 Å². The van der Waals surface area contributed by atoms with Gasteiger partial charge in [-0.25, -0.2) is 4.39 Å². The number of rotatable bonds is 6. The number of aryl methyl sites for hydroxylation is 1. The van der Waals surface area contributed by atoms with E-state index in [0.717, 1.165) is 5.69 Å². The number of nitrogens with one attached hydrogen (secondary N) is 1. The van der Waals surface area contributed by atoms with Gasteiger partial charge in [0.05, 0.1) is 23.6 Å². The molecule has 0 atom stereocenters. The molecule has 2 aromatic carbocycles. The minimum Gasteiger partial charge on any atom is -0.457 e. The predicted molar refractivity (Wildman–Crippen MR) is 101 cm³/mol. The molecule has 1 heterocycles. The van der Waals surface area contributed by atoms with Gasteiger partial charge in [0.25, 0.3) is 5.91 Å². The van der Waals surface area contributed by atoms with E-state index in [2.05, 4.69) is 10.3 Å². The van der Waals surface area contributed by atoms with Crippen molar-refractivity contribution in [1.82, 2.24) is 4.98 Å². The third-order valence-electron chi connectivity index (χ3n) is 3.82. The van der Waals surface area contributed by atoms with Gasteiger partial charge in [0.1, 0.15) is 17.3 Å². The van der Waals surface area contributed by atoms with Crippen LogP contribution in [-0.4, -0.2) is 18.0 Å². The van der Waals surface area contributed by atoms with Crippen LogP contribution in [0.1, 0.15) is 21.7 Å². The summed E-state index contributed by atoms with van der Waals surface area (Å²) in [5.41, 5.74) is 2.51. The lowest BCUT2D eigenvalue weighted by atomic mass is 10.1. The number of methoxy groups -OCH3 is 1. The van der Waals surface area contributed by atoms with Crippen molar-refractivity contribution >= 4 is 11.6 Å². The van der Waals surface area contributed by atoms with Crippen molar-refractivity contribution in [2.24, 2.45) is 0 Å². The SMILES string of the molecule is COCc1ccc(C(=O)Nc2ccc(Oc3cccc(F)c3)cc2)c(C)n1. The standard InChI is InChI=1S/C21H19FN2O3/c1-14-20(11-8-17(23-14)13-26-2)21(25)24-16-6-9-18(10-7-16)27-19-5-3-4-15(22)12-19/h3-12H,13H2,1-2H3,(H,24,25). The van der Waals surface area contributed by atoms with Gasteiger partial charge < -0.3 is 14.8 Å². The minimum atomic E-state index is -0.364. The molecule has 138 valence electrons. The van der Waals surface area contributed by atoms with Crippen molar-refractivity contribution in [3.63, 3.8) is 0 Å². The fourth-order valence-corrected chi connectivity index (χ4v) is 2.55. The van der Waals surface area contributed by atoms with Crippen molar-refractivity contribution in [3.8, 4) is 11.5 Å². The van der Waals surface area contributed by atoms with Crippen LogP contribution in [0.4, 0.5) is 10.1 Å². The predicted octanol–water partition coefficient (Wildman–Crippen LogP) is 4.72.